The number of rotatable bonds is 17. The van der Waals surface area contributed by atoms with Crippen molar-refractivity contribution in [2.75, 3.05) is 33.0 Å². The molecular weight excluding hydrogens is 782 g/mol. The number of carbonyl (C=O) groups excluding carboxylic acids is 3. The lowest BCUT2D eigenvalue weighted by atomic mass is 9.97. The van der Waals surface area contributed by atoms with Gasteiger partial charge in [-0.3, -0.25) is 32.5 Å². The number of nitrogens with two attached hydrogens (primary N) is 1. The quantitative estimate of drug-likeness (QED) is 0.0606. The summed E-state index contributed by atoms with van der Waals surface area (Å²) in [6, 6.07) is -4.74. The van der Waals surface area contributed by atoms with Gasteiger partial charge in [-0.05, 0) is 0 Å². The van der Waals surface area contributed by atoms with Crippen LogP contribution < -0.4 is 21.7 Å². The Bertz CT molecular complexity index is 1370. The molecule has 0 aromatic rings. The molecule has 3 rings (SSSR count). The molecule has 0 aromatic heterocycles. The third-order valence-electron chi connectivity index (χ3n) is 8.07. The molecular formula is C26H48N4O22P2. The van der Waals surface area contributed by atoms with E-state index in [9.17, 15) is 69.0 Å². The molecule has 28 heteroatoms. The highest BCUT2D eigenvalue weighted by Gasteiger charge is 2.52. The predicted molar refractivity (Wildman–Crippen MR) is 171 cm³/mol. The Balaban J connectivity index is 1.72. The fraction of sp³-hybridized carbons (Fsp3) is 0.885. The average Bonchev–Trinajstić information content (AvgIpc) is 3.07. The molecule has 0 spiro atoms. The molecule has 0 aliphatic carbocycles. The topological polar surface area (TPSA) is 403 Å². The van der Waals surface area contributed by atoms with Crippen molar-refractivity contribution in [3.05, 3.63) is 0 Å². The summed E-state index contributed by atoms with van der Waals surface area (Å²) in [6.45, 7) is -0.0414. The number of hydrogen-bond donors (Lipinski definition) is 13. The van der Waals surface area contributed by atoms with Crippen molar-refractivity contribution in [1.82, 2.24) is 16.0 Å². The van der Waals surface area contributed by atoms with Crippen LogP contribution in [0.3, 0.4) is 0 Å². The van der Waals surface area contributed by atoms with Gasteiger partial charge in [0.2, 0.25) is 17.7 Å². The molecule has 0 radical (unpaired) electrons. The second-order valence-corrected chi connectivity index (χ2v) is 15.1. The number of phosphoric ester groups is 2. The molecule has 0 saturated carbocycles. The lowest BCUT2D eigenvalue weighted by Crippen LogP contribution is -2.65. The first-order chi connectivity index (χ1) is 25.1. The second kappa shape index (κ2) is 20.0. The summed E-state index contributed by atoms with van der Waals surface area (Å²) in [7, 11) is -10.7. The smallest absolute Gasteiger partial charge is 0.394 e. The van der Waals surface area contributed by atoms with Gasteiger partial charge in [-0.15, -0.1) is 0 Å². The normalized spacial score (nSPS) is 39.5. The molecule has 3 aliphatic rings. The van der Waals surface area contributed by atoms with E-state index in [1.165, 1.54) is 0 Å². The van der Waals surface area contributed by atoms with E-state index in [4.69, 9.17) is 42.8 Å². The third kappa shape index (κ3) is 12.6. The highest BCUT2D eigenvalue weighted by atomic mass is 31.2. The van der Waals surface area contributed by atoms with Crippen molar-refractivity contribution in [2.24, 2.45) is 5.73 Å². The summed E-state index contributed by atoms with van der Waals surface area (Å²) in [5.41, 5.74) is 5.43. The zero-order chi connectivity index (χ0) is 40.7. The Morgan fingerprint density at radius 1 is 0.611 bits per heavy atom. The van der Waals surface area contributed by atoms with Gasteiger partial charge in [-0.25, -0.2) is 9.13 Å². The van der Waals surface area contributed by atoms with Gasteiger partial charge in [-0.2, -0.15) is 0 Å². The molecule has 54 heavy (non-hydrogen) atoms. The van der Waals surface area contributed by atoms with Crippen molar-refractivity contribution < 1.29 is 106 Å². The largest absolute Gasteiger partial charge is 0.474 e. The van der Waals surface area contributed by atoms with E-state index in [-0.39, 0.29) is 13.2 Å². The minimum atomic E-state index is -5.38. The summed E-state index contributed by atoms with van der Waals surface area (Å²) in [6.07, 6.45) is -21.9. The van der Waals surface area contributed by atoms with Gasteiger partial charge in [0.25, 0.3) is 0 Å². The molecule has 0 bridgehead atoms. The van der Waals surface area contributed by atoms with Crippen LogP contribution in [0.15, 0.2) is 0 Å². The van der Waals surface area contributed by atoms with Crippen molar-refractivity contribution in [1.29, 1.82) is 0 Å². The van der Waals surface area contributed by atoms with Crippen LogP contribution in [-0.4, -0.2) is 188 Å². The maximum absolute atomic E-state index is 13.1. The fourth-order valence-corrected chi connectivity index (χ4v) is 7.23. The van der Waals surface area contributed by atoms with Gasteiger partial charge < -0.3 is 86.2 Å². The van der Waals surface area contributed by atoms with Gasteiger partial charge in [0, 0.05) is 27.3 Å². The SMILES string of the molecule is CC(=O)NC1[C@H](OCCN)OC(COP(=O)(O)O[C@@H]2OC(COP(=O)(O)O[C@@H]3OC(CO)[C@H](O)[C@H](O)C3NC(C)=O)[C@H](O)[C@H](O)C2NC(C)=O)[C@H](O)[C@@H]1O. The van der Waals surface area contributed by atoms with Crippen LogP contribution >= 0.6 is 15.6 Å². The number of carbonyl (C=O) groups is 3. The zero-order valence-corrected chi connectivity index (χ0v) is 30.8. The van der Waals surface area contributed by atoms with E-state index >= 15 is 0 Å². The monoisotopic (exact) mass is 830 g/mol. The van der Waals surface area contributed by atoms with Crippen LogP contribution in [0.4, 0.5) is 0 Å². The highest BCUT2D eigenvalue weighted by Crippen LogP contribution is 2.49. The first kappa shape index (κ1) is 46.5. The van der Waals surface area contributed by atoms with E-state index in [0.29, 0.717) is 0 Å². The Hall–Kier alpha value is -1.85. The number of aliphatic hydroxyl groups is 7. The molecule has 14 N–H and O–H groups in total. The van der Waals surface area contributed by atoms with Crippen LogP contribution in [0.25, 0.3) is 0 Å². The maximum Gasteiger partial charge on any atom is 0.474 e. The van der Waals surface area contributed by atoms with Crippen molar-refractivity contribution in [3.8, 4) is 0 Å². The maximum atomic E-state index is 13.1. The fourth-order valence-electron chi connectivity index (χ4n) is 5.55. The lowest BCUT2D eigenvalue weighted by molar-refractivity contribution is -0.270. The molecule has 8 unspecified atom stereocenters. The molecule has 17 atom stereocenters. The molecule has 3 saturated heterocycles. The zero-order valence-electron chi connectivity index (χ0n) is 29.0. The molecule has 3 amide bonds. The van der Waals surface area contributed by atoms with Crippen LogP contribution in [0, 0.1) is 0 Å². The summed E-state index contributed by atoms with van der Waals surface area (Å²) < 4.78 is 67.3. The number of amides is 3. The van der Waals surface area contributed by atoms with Gasteiger partial charge in [0.05, 0.1) is 26.4 Å². The number of hydrogen-bond acceptors (Lipinski definition) is 21. The summed E-state index contributed by atoms with van der Waals surface area (Å²) in [5.74, 6) is -2.25. The third-order valence-corrected chi connectivity index (χ3v) is 9.97. The standard InChI is InChI=1S/C26H48N4O22P2/c1-9(32)28-15-21(38)19(36)13(49-24(15)45-5-4-27)7-46-54(43,44)52-26-17(30-11(3)34)23(40)20(37)14(50-26)8-47-53(41,42)51-25-16(29-10(2)33)22(39)18(35)12(6-31)48-25/h12-26,31,35-40H,4-8,27H2,1-3H3,(H,28,32)(H,29,33)(H,30,34)(H,41,42)(H,43,44)/t12?,13?,14?,15?,16?,17?,18-,19-,20-,21+,22+,23+,24+,25-,26-/m0/s1. The van der Waals surface area contributed by atoms with E-state index < -0.39 is 145 Å². The molecule has 314 valence electrons. The average molecular weight is 831 g/mol. The van der Waals surface area contributed by atoms with E-state index in [1.807, 2.05) is 0 Å². The summed E-state index contributed by atoms with van der Waals surface area (Å²) >= 11 is 0. The van der Waals surface area contributed by atoms with Crippen molar-refractivity contribution >= 4 is 33.4 Å². The molecule has 0 aromatic carbocycles. The first-order valence-electron chi connectivity index (χ1n) is 16.2. The van der Waals surface area contributed by atoms with E-state index in [1.54, 1.807) is 0 Å². The van der Waals surface area contributed by atoms with Crippen molar-refractivity contribution in [2.45, 2.75) is 113 Å². The minimum Gasteiger partial charge on any atom is -0.394 e. The molecule has 3 fully saturated rings. The minimum absolute atomic E-state index is 0.00728. The number of ether oxygens (including phenoxy) is 4. The number of phosphoric acid groups is 2. The van der Waals surface area contributed by atoms with Gasteiger partial charge in [-0.1, -0.05) is 0 Å². The first-order valence-corrected chi connectivity index (χ1v) is 19.2. The predicted octanol–water partition coefficient (Wildman–Crippen LogP) is -6.92. The van der Waals surface area contributed by atoms with Crippen LogP contribution in [0.5, 0.6) is 0 Å². The van der Waals surface area contributed by atoms with Gasteiger partial charge >= 0.3 is 15.6 Å². The van der Waals surface area contributed by atoms with Crippen LogP contribution in [0.2, 0.25) is 0 Å². The van der Waals surface area contributed by atoms with E-state index in [2.05, 4.69) is 16.0 Å². The van der Waals surface area contributed by atoms with E-state index in [0.717, 1.165) is 20.8 Å². The summed E-state index contributed by atoms with van der Waals surface area (Å²) in [5, 5.41) is 79.4. The Labute approximate surface area is 306 Å². The Morgan fingerprint density at radius 3 is 1.30 bits per heavy atom. The Morgan fingerprint density at radius 2 is 0.944 bits per heavy atom. The van der Waals surface area contributed by atoms with Crippen LogP contribution in [-0.2, 0) is 60.6 Å². The lowest BCUT2D eigenvalue weighted by Gasteiger charge is -2.43. The Kier molecular flexibility index (Phi) is 17.3. The molecule has 26 nitrogen and oxygen atoms in total. The second-order valence-electron chi connectivity index (χ2n) is 12.3. The van der Waals surface area contributed by atoms with Crippen molar-refractivity contribution in [3.63, 3.8) is 0 Å². The van der Waals surface area contributed by atoms with Gasteiger partial charge in [0.15, 0.2) is 18.9 Å². The molecule has 3 heterocycles. The van der Waals surface area contributed by atoms with Gasteiger partial charge in [0.1, 0.15) is 73.1 Å². The highest BCUT2D eigenvalue weighted by molar-refractivity contribution is 7.47. The summed E-state index contributed by atoms with van der Waals surface area (Å²) in [4.78, 5) is 56.2. The number of nitrogens with one attached hydrogen (secondary N) is 3. The number of aliphatic hydroxyl groups excluding tert-OH is 7. The van der Waals surface area contributed by atoms with Crippen LogP contribution in [0.1, 0.15) is 20.8 Å². The molecule has 3 aliphatic heterocycles.